The van der Waals surface area contributed by atoms with Crippen LogP contribution >= 0.6 is 0 Å². The van der Waals surface area contributed by atoms with Crippen molar-refractivity contribution in [3.8, 4) is 0 Å². The van der Waals surface area contributed by atoms with Crippen molar-refractivity contribution in [2.45, 2.75) is 6.42 Å². The molecule has 0 spiro atoms. The maximum Gasteiger partial charge on any atom is 0.299 e. The summed E-state index contributed by atoms with van der Waals surface area (Å²) in [6.07, 6.45) is -0.431. The van der Waals surface area contributed by atoms with E-state index in [1.807, 2.05) is 0 Å². The van der Waals surface area contributed by atoms with Gasteiger partial charge in [0.15, 0.2) is 5.78 Å². The van der Waals surface area contributed by atoms with Crippen molar-refractivity contribution in [1.29, 1.82) is 0 Å². The van der Waals surface area contributed by atoms with E-state index in [1.165, 1.54) is 12.1 Å². The highest BCUT2D eigenvalue weighted by atomic mass is 16.6. The molecule has 0 aliphatic carbocycles. The molecule has 0 atom stereocenters. The highest BCUT2D eigenvalue weighted by molar-refractivity contribution is 6.43. The number of amides is 1. The second kappa shape index (κ2) is 10.4. The number of ketones is 1. The van der Waals surface area contributed by atoms with E-state index < -0.39 is 39.1 Å². The number of nitro groups is 2. The Morgan fingerprint density at radius 2 is 1.71 bits per heavy atom. The van der Waals surface area contributed by atoms with Crippen LogP contribution in [0.5, 0.6) is 0 Å². The van der Waals surface area contributed by atoms with Crippen LogP contribution in [0.4, 0.5) is 17.1 Å². The lowest BCUT2D eigenvalue weighted by atomic mass is 10.0. The van der Waals surface area contributed by atoms with E-state index in [2.05, 4.69) is 20.4 Å². The molecule has 190 valence electrons. The van der Waals surface area contributed by atoms with Gasteiger partial charge in [0.2, 0.25) is 0 Å². The number of nitrogens with zero attached hydrogens (tertiary/aromatic N) is 4. The summed E-state index contributed by atoms with van der Waals surface area (Å²) >= 11 is 0. The number of carbonyl (C=O) groups is 2. The number of hydrogen-bond donors (Lipinski definition) is 3. The number of benzene rings is 3. The number of rotatable bonds is 8. The Kier molecular flexibility index (Phi) is 6.96. The van der Waals surface area contributed by atoms with E-state index in [-0.39, 0.29) is 28.4 Å². The van der Waals surface area contributed by atoms with Crippen molar-refractivity contribution in [2.75, 3.05) is 5.32 Å². The molecule has 14 nitrogen and oxygen atoms in total. The van der Waals surface area contributed by atoms with Crippen LogP contribution in [0.1, 0.15) is 21.6 Å². The maximum atomic E-state index is 12.7. The monoisotopic (exact) mass is 515 g/mol. The van der Waals surface area contributed by atoms with Crippen LogP contribution in [0.15, 0.2) is 76.6 Å². The van der Waals surface area contributed by atoms with Gasteiger partial charge in [-0.3, -0.25) is 34.6 Å². The van der Waals surface area contributed by atoms with Crippen molar-refractivity contribution < 1.29 is 19.4 Å². The fourth-order valence-corrected chi connectivity index (χ4v) is 3.57. The van der Waals surface area contributed by atoms with Gasteiger partial charge in [0.05, 0.1) is 26.9 Å². The molecule has 14 heteroatoms. The molecule has 0 unspecified atom stereocenters. The van der Waals surface area contributed by atoms with Gasteiger partial charge in [-0.05, 0) is 24.3 Å². The molecule has 0 saturated heterocycles. The maximum absolute atomic E-state index is 12.7. The van der Waals surface area contributed by atoms with Crippen LogP contribution in [-0.2, 0) is 11.2 Å². The molecule has 1 amide bonds. The molecular weight excluding hydrogens is 498 g/mol. The molecule has 0 radical (unpaired) electrons. The molecule has 4 N–H and O–H groups in total. The number of nitrogens with one attached hydrogen (secondary N) is 2. The molecule has 0 aliphatic rings. The first kappa shape index (κ1) is 25.3. The highest BCUT2D eigenvalue weighted by Crippen LogP contribution is 2.29. The first-order valence-corrected chi connectivity index (χ1v) is 10.8. The van der Waals surface area contributed by atoms with Gasteiger partial charge in [-0.1, -0.05) is 30.3 Å². The Balaban J connectivity index is 1.58. The molecule has 0 aliphatic heterocycles. The number of nitro benzene ring substituents is 2. The summed E-state index contributed by atoms with van der Waals surface area (Å²) in [6, 6.07) is 15.8. The normalized spacial score (nSPS) is 11.2. The highest BCUT2D eigenvalue weighted by Gasteiger charge is 2.23. The van der Waals surface area contributed by atoms with Gasteiger partial charge in [0, 0.05) is 23.6 Å². The molecule has 0 fully saturated rings. The van der Waals surface area contributed by atoms with Crippen molar-refractivity contribution in [1.82, 2.24) is 9.97 Å². The first-order valence-electron chi connectivity index (χ1n) is 10.8. The lowest BCUT2D eigenvalue weighted by Gasteiger charge is -2.08. The van der Waals surface area contributed by atoms with Crippen LogP contribution in [0.25, 0.3) is 11.0 Å². The van der Waals surface area contributed by atoms with Crippen molar-refractivity contribution in [2.24, 2.45) is 10.9 Å². The third-order valence-electron chi connectivity index (χ3n) is 5.45. The lowest BCUT2D eigenvalue weighted by Crippen LogP contribution is -2.29. The van der Waals surface area contributed by atoms with Crippen molar-refractivity contribution >= 4 is 45.5 Å². The molecule has 4 rings (SSSR count). The summed E-state index contributed by atoms with van der Waals surface area (Å²) in [5.41, 5.74) is -1.34. The summed E-state index contributed by atoms with van der Waals surface area (Å²) in [4.78, 5) is 65.5. The smallest absolute Gasteiger partial charge is 0.299 e. The minimum Gasteiger partial charge on any atom is -0.323 e. The largest absolute Gasteiger partial charge is 0.323 e. The standard InChI is InChI=1S/C24H17N7O7/c25-29-20(24(34)27-17-9-7-15(30(35)36)11-21(17)31(37)38)12-19-23(33)28-18-10-14(6-8-16(18)26-19)22(32)13-4-2-1-3-5-13/h1-11H,12,25H2,(H,27,34)(H,28,33)/b29-20+. The van der Waals surface area contributed by atoms with Gasteiger partial charge in [-0.15, -0.1) is 0 Å². The fraction of sp³-hybridized carbons (Fsp3) is 0.0417. The Morgan fingerprint density at radius 3 is 2.37 bits per heavy atom. The van der Waals surface area contributed by atoms with E-state index in [0.29, 0.717) is 22.7 Å². The fourth-order valence-electron chi connectivity index (χ4n) is 3.57. The van der Waals surface area contributed by atoms with Crippen LogP contribution in [0.3, 0.4) is 0 Å². The molecule has 0 saturated carbocycles. The Labute approximate surface area is 212 Å². The molecule has 1 heterocycles. The van der Waals surface area contributed by atoms with Gasteiger partial charge >= 0.3 is 0 Å². The Morgan fingerprint density at radius 1 is 0.974 bits per heavy atom. The zero-order valence-electron chi connectivity index (χ0n) is 19.3. The third kappa shape index (κ3) is 5.23. The summed E-state index contributed by atoms with van der Waals surface area (Å²) < 4.78 is 0. The first-order chi connectivity index (χ1) is 18.2. The zero-order chi connectivity index (χ0) is 27.4. The topological polar surface area (TPSA) is 217 Å². The van der Waals surface area contributed by atoms with E-state index in [0.717, 1.165) is 12.1 Å². The van der Waals surface area contributed by atoms with E-state index in [1.54, 1.807) is 36.4 Å². The van der Waals surface area contributed by atoms with Gasteiger partial charge in [0.1, 0.15) is 17.1 Å². The number of fused-ring (bicyclic) bond motifs is 1. The van der Waals surface area contributed by atoms with Gasteiger partial charge in [-0.25, -0.2) is 4.98 Å². The molecule has 3 aromatic carbocycles. The average molecular weight is 515 g/mol. The van der Waals surface area contributed by atoms with E-state index >= 15 is 0 Å². The summed E-state index contributed by atoms with van der Waals surface area (Å²) in [7, 11) is 0. The van der Waals surface area contributed by atoms with Crippen LogP contribution in [0.2, 0.25) is 0 Å². The zero-order valence-corrected chi connectivity index (χ0v) is 19.3. The van der Waals surface area contributed by atoms with E-state index in [4.69, 9.17) is 5.84 Å². The van der Waals surface area contributed by atoms with Crippen LogP contribution in [-0.4, -0.2) is 37.2 Å². The quantitative estimate of drug-likeness (QED) is 0.103. The molecule has 1 aromatic heterocycles. The number of H-pyrrole nitrogens is 1. The number of hydrogen-bond acceptors (Lipinski definition) is 10. The second-order valence-electron chi connectivity index (χ2n) is 7.86. The third-order valence-corrected chi connectivity index (χ3v) is 5.45. The molecule has 0 bridgehead atoms. The van der Waals surface area contributed by atoms with Crippen molar-refractivity contribution in [3.05, 3.63) is 114 Å². The molecular formula is C24H17N7O7. The number of carbonyl (C=O) groups excluding carboxylic acids is 2. The number of non-ortho nitro benzene ring substituents is 1. The van der Waals surface area contributed by atoms with E-state index in [9.17, 15) is 34.6 Å². The van der Waals surface area contributed by atoms with Crippen LogP contribution < -0.4 is 16.7 Å². The predicted octanol–water partition coefficient (Wildman–Crippen LogP) is 2.47. The summed E-state index contributed by atoms with van der Waals surface area (Å²) in [5.74, 6) is 4.11. The number of anilines is 1. The van der Waals surface area contributed by atoms with Gasteiger partial charge in [0.25, 0.3) is 22.8 Å². The summed E-state index contributed by atoms with van der Waals surface area (Å²) in [6.45, 7) is 0. The minimum atomic E-state index is -0.977. The number of aromatic amines is 1. The minimum absolute atomic E-state index is 0.128. The number of hydrazone groups is 1. The van der Waals surface area contributed by atoms with Gasteiger partial charge < -0.3 is 16.1 Å². The summed E-state index contributed by atoms with van der Waals surface area (Å²) in [5, 5.41) is 27.8. The Bertz CT molecular complexity index is 1700. The number of aromatic nitrogens is 2. The van der Waals surface area contributed by atoms with Gasteiger partial charge in [-0.2, -0.15) is 5.10 Å². The Hall–Kier alpha value is -5.79. The molecule has 4 aromatic rings. The second-order valence-corrected chi connectivity index (χ2v) is 7.86. The average Bonchev–Trinajstić information content (AvgIpc) is 2.91. The van der Waals surface area contributed by atoms with Crippen LogP contribution in [0, 0.1) is 20.2 Å². The number of nitrogens with two attached hydrogens (primary N) is 1. The molecule has 38 heavy (non-hydrogen) atoms. The predicted molar refractivity (Wildman–Crippen MR) is 136 cm³/mol. The lowest BCUT2D eigenvalue weighted by molar-refractivity contribution is -0.393. The van der Waals surface area contributed by atoms with Crippen molar-refractivity contribution in [3.63, 3.8) is 0 Å². The SMILES string of the molecule is N/N=C(\Cc1nc2ccc(C(=O)c3ccccc3)cc2[nH]c1=O)C(=O)Nc1ccc([N+](=O)[O-])cc1[N+](=O)[O-].